The van der Waals surface area contributed by atoms with Crippen molar-refractivity contribution in [1.29, 1.82) is 0 Å². The maximum Gasteiger partial charge on any atom is 0.314 e. The van der Waals surface area contributed by atoms with Gasteiger partial charge in [0.2, 0.25) is 0 Å². The van der Waals surface area contributed by atoms with E-state index in [2.05, 4.69) is 10.6 Å². The Balaban J connectivity index is 1.64. The predicted octanol–water partition coefficient (Wildman–Crippen LogP) is 1.62. The molecule has 1 atom stereocenters. The van der Waals surface area contributed by atoms with Gasteiger partial charge >= 0.3 is 6.03 Å². The zero-order valence-corrected chi connectivity index (χ0v) is 13.2. The first-order valence-electron chi connectivity index (χ1n) is 6.91. The van der Waals surface area contributed by atoms with Crippen LogP contribution in [0.25, 0.3) is 0 Å². The fraction of sp³-hybridized carbons (Fsp3) is 0.500. The average Bonchev–Trinajstić information content (AvgIpc) is 2.76. The van der Waals surface area contributed by atoms with Gasteiger partial charge in [0.1, 0.15) is 0 Å². The smallest absolute Gasteiger partial charge is 0.314 e. The molecule has 0 aromatic heterocycles. The van der Waals surface area contributed by atoms with E-state index in [4.69, 9.17) is 11.6 Å². The molecule has 1 aromatic carbocycles. The summed E-state index contributed by atoms with van der Waals surface area (Å²) in [6.45, 7) is 0.914. The number of carbonyl (C=O) groups is 1. The summed E-state index contributed by atoms with van der Waals surface area (Å²) in [6.07, 6.45) is 1.33. The average molecular weight is 331 g/mol. The van der Waals surface area contributed by atoms with Crippen molar-refractivity contribution >= 4 is 27.5 Å². The van der Waals surface area contributed by atoms with Gasteiger partial charge in [0.25, 0.3) is 0 Å². The van der Waals surface area contributed by atoms with Gasteiger partial charge < -0.3 is 10.6 Å². The summed E-state index contributed by atoms with van der Waals surface area (Å²) >= 11 is 5.88. The Hall–Kier alpha value is -1.27. The van der Waals surface area contributed by atoms with E-state index < -0.39 is 9.84 Å². The molecule has 2 rings (SSSR count). The van der Waals surface area contributed by atoms with Gasteiger partial charge in [-0.3, -0.25) is 0 Å². The van der Waals surface area contributed by atoms with Crippen LogP contribution in [0.3, 0.4) is 0 Å². The molecule has 1 aliphatic heterocycles. The summed E-state index contributed by atoms with van der Waals surface area (Å²) in [5, 5.41) is 6.15. The van der Waals surface area contributed by atoms with Crippen molar-refractivity contribution in [2.45, 2.75) is 12.8 Å². The summed E-state index contributed by atoms with van der Waals surface area (Å²) in [5.74, 6) is 0.444. The quantitative estimate of drug-likeness (QED) is 0.861. The molecule has 2 N–H and O–H groups in total. The van der Waals surface area contributed by atoms with Crippen LogP contribution in [-0.4, -0.2) is 39.0 Å². The predicted molar refractivity (Wildman–Crippen MR) is 83.3 cm³/mol. The van der Waals surface area contributed by atoms with Gasteiger partial charge in [-0.05, 0) is 36.5 Å². The van der Waals surface area contributed by atoms with E-state index in [1.807, 2.05) is 18.2 Å². The molecule has 0 saturated carbocycles. The van der Waals surface area contributed by atoms with Gasteiger partial charge in [0, 0.05) is 18.1 Å². The van der Waals surface area contributed by atoms with Crippen LogP contribution in [-0.2, 0) is 16.3 Å². The number of halogens is 1. The molecule has 0 radical (unpaired) electrons. The highest BCUT2D eigenvalue weighted by Crippen LogP contribution is 2.17. The largest absolute Gasteiger partial charge is 0.338 e. The highest BCUT2D eigenvalue weighted by molar-refractivity contribution is 7.91. The Labute approximate surface area is 130 Å². The van der Waals surface area contributed by atoms with Crippen molar-refractivity contribution in [2.24, 2.45) is 5.92 Å². The van der Waals surface area contributed by atoms with E-state index in [0.717, 1.165) is 5.56 Å². The van der Waals surface area contributed by atoms with E-state index in [0.29, 0.717) is 31.0 Å². The van der Waals surface area contributed by atoms with Crippen molar-refractivity contribution in [3.8, 4) is 0 Å². The summed E-state index contributed by atoms with van der Waals surface area (Å²) in [6, 6.07) is 7.24. The van der Waals surface area contributed by atoms with E-state index in [1.54, 1.807) is 6.07 Å². The van der Waals surface area contributed by atoms with E-state index >= 15 is 0 Å². The summed E-state index contributed by atoms with van der Waals surface area (Å²) in [7, 11) is -2.88. The summed E-state index contributed by atoms with van der Waals surface area (Å²) in [4.78, 5) is 11.6. The fourth-order valence-corrected chi connectivity index (χ4v) is 4.42. The molecule has 5 nitrogen and oxygen atoms in total. The highest BCUT2D eigenvalue weighted by atomic mass is 35.5. The third-order valence-electron chi connectivity index (χ3n) is 3.47. The van der Waals surface area contributed by atoms with Gasteiger partial charge in [-0.15, -0.1) is 0 Å². The Morgan fingerprint density at radius 3 is 2.81 bits per heavy atom. The Bertz CT molecular complexity index is 604. The topological polar surface area (TPSA) is 75.3 Å². The van der Waals surface area contributed by atoms with Crippen molar-refractivity contribution in [1.82, 2.24) is 10.6 Å². The van der Waals surface area contributed by atoms with E-state index in [-0.39, 0.29) is 23.5 Å². The molecular formula is C14H19ClN2O3S. The lowest BCUT2D eigenvalue weighted by Crippen LogP contribution is -2.39. The first-order valence-corrected chi connectivity index (χ1v) is 9.11. The van der Waals surface area contributed by atoms with Crippen LogP contribution >= 0.6 is 11.6 Å². The molecule has 1 aromatic rings. The van der Waals surface area contributed by atoms with Crippen molar-refractivity contribution in [3.63, 3.8) is 0 Å². The number of carbonyl (C=O) groups excluding carboxylic acids is 1. The molecule has 1 heterocycles. The second-order valence-corrected chi connectivity index (χ2v) is 7.95. The molecule has 0 aliphatic carbocycles. The molecule has 1 saturated heterocycles. The number of urea groups is 1. The van der Waals surface area contributed by atoms with E-state index in [9.17, 15) is 13.2 Å². The Kier molecular flexibility index (Phi) is 5.47. The van der Waals surface area contributed by atoms with Crippen LogP contribution in [0.15, 0.2) is 24.3 Å². The number of nitrogens with one attached hydrogen (secondary N) is 2. The summed E-state index contributed by atoms with van der Waals surface area (Å²) in [5.41, 5.74) is 1.06. The first-order chi connectivity index (χ1) is 9.94. The monoisotopic (exact) mass is 330 g/mol. The van der Waals surface area contributed by atoms with Crippen molar-refractivity contribution in [2.75, 3.05) is 24.6 Å². The van der Waals surface area contributed by atoms with Gasteiger partial charge in [-0.2, -0.15) is 0 Å². The second-order valence-electron chi connectivity index (χ2n) is 5.29. The lowest BCUT2D eigenvalue weighted by molar-refractivity contribution is 0.239. The minimum Gasteiger partial charge on any atom is -0.338 e. The number of sulfone groups is 1. The maximum atomic E-state index is 11.6. The second kappa shape index (κ2) is 7.13. The van der Waals surface area contributed by atoms with Gasteiger partial charge in [0.15, 0.2) is 9.84 Å². The lowest BCUT2D eigenvalue weighted by Gasteiger charge is -2.11. The zero-order chi connectivity index (χ0) is 15.3. The number of amides is 2. The summed E-state index contributed by atoms with van der Waals surface area (Å²) < 4.78 is 22.6. The van der Waals surface area contributed by atoms with Crippen molar-refractivity contribution < 1.29 is 13.2 Å². The zero-order valence-electron chi connectivity index (χ0n) is 11.6. The maximum absolute atomic E-state index is 11.6. The van der Waals surface area contributed by atoms with Crippen LogP contribution in [0, 0.1) is 5.92 Å². The standard InChI is InChI=1S/C14H19ClN2O3S/c15-13-3-1-2-11(8-13)4-6-16-14(18)17-9-12-5-7-21(19,20)10-12/h1-3,8,12H,4-7,9-10H2,(H2,16,17,18)/t12-/m1/s1. The van der Waals surface area contributed by atoms with Gasteiger partial charge in [-0.1, -0.05) is 23.7 Å². The first kappa shape index (κ1) is 16.1. The number of benzene rings is 1. The van der Waals surface area contributed by atoms with E-state index in [1.165, 1.54) is 0 Å². The van der Waals surface area contributed by atoms with Crippen LogP contribution in [0.4, 0.5) is 4.79 Å². The molecule has 2 amide bonds. The van der Waals surface area contributed by atoms with Gasteiger partial charge in [0.05, 0.1) is 11.5 Å². The van der Waals surface area contributed by atoms with Gasteiger partial charge in [-0.25, -0.2) is 13.2 Å². The Morgan fingerprint density at radius 2 is 2.14 bits per heavy atom. The third-order valence-corrected chi connectivity index (χ3v) is 5.54. The number of rotatable bonds is 5. The van der Waals surface area contributed by atoms with Crippen LogP contribution in [0.1, 0.15) is 12.0 Å². The third kappa shape index (κ3) is 5.55. The normalized spacial score (nSPS) is 20.1. The molecule has 1 aliphatic rings. The minimum atomic E-state index is -2.88. The molecule has 116 valence electrons. The molecular weight excluding hydrogens is 312 g/mol. The van der Waals surface area contributed by atoms with Crippen LogP contribution < -0.4 is 10.6 Å². The van der Waals surface area contributed by atoms with Crippen molar-refractivity contribution in [3.05, 3.63) is 34.9 Å². The molecule has 1 fully saturated rings. The van der Waals surface area contributed by atoms with Crippen LogP contribution in [0.5, 0.6) is 0 Å². The Morgan fingerprint density at radius 1 is 1.33 bits per heavy atom. The SMILES string of the molecule is O=C(NCCc1cccc(Cl)c1)NC[C@H]1CCS(=O)(=O)C1. The molecule has 0 unspecified atom stereocenters. The molecule has 0 bridgehead atoms. The molecule has 7 heteroatoms. The number of hydrogen-bond donors (Lipinski definition) is 2. The fourth-order valence-electron chi connectivity index (χ4n) is 2.35. The highest BCUT2D eigenvalue weighted by Gasteiger charge is 2.27. The lowest BCUT2D eigenvalue weighted by atomic mass is 10.1. The van der Waals surface area contributed by atoms with Crippen LogP contribution in [0.2, 0.25) is 5.02 Å². The molecule has 21 heavy (non-hydrogen) atoms. The number of hydrogen-bond acceptors (Lipinski definition) is 3. The molecule has 0 spiro atoms. The minimum absolute atomic E-state index is 0.0358.